The van der Waals surface area contributed by atoms with E-state index in [1.807, 2.05) is 6.07 Å². The zero-order valence-electron chi connectivity index (χ0n) is 12.1. The smallest absolute Gasteiger partial charge is 0.340 e. The number of rotatable bonds is 5. The molecule has 21 heavy (non-hydrogen) atoms. The van der Waals surface area contributed by atoms with Crippen LogP contribution in [-0.4, -0.2) is 13.1 Å². The van der Waals surface area contributed by atoms with Crippen molar-refractivity contribution < 1.29 is 13.9 Å². The van der Waals surface area contributed by atoms with Gasteiger partial charge in [-0.05, 0) is 30.2 Å². The highest BCUT2D eigenvalue weighted by Crippen LogP contribution is 2.20. The standard InChI is InChI=1S/C17H17FO2S/c1-12-4-3-5-13(8-12)10-21-11-14-6-7-15(16(18)9-14)17(19)20-2/h3-9H,10-11H2,1-2H3. The van der Waals surface area contributed by atoms with Crippen LogP contribution in [0.15, 0.2) is 42.5 Å². The summed E-state index contributed by atoms with van der Waals surface area (Å²) in [4.78, 5) is 11.3. The summed E-state index contributed by atoms with van der Waals surface area (Å²) in [5, 5.41) is 0. The molecule has 2 rings (SSSR count). The molecule has 0 aliphatic carbocycles. The Hall–Kier alpha value is -1.81. The molecule has 4 heteroatoms. The maximum absolute atomic E-state index is 13.8. The van der Waals surface area contributed by atoms with Crippen molar-refractivity contribution in [3.05, 3.63) is 70.5 Å². The molecule has 0 aliphatic rings. The van der Waals surface area contributed by atoms with Crippen molar-refractivity contribution in [1.29, 1.82) is 0 Å². The highest BCUT2D eigenvalue weighted by Gasteiger charge is 2.12. The second kappa shape index (κ2) is 7.27. The van der Waals surface area contributed by atoms with Gasteiger partial charge >= 0.3 is 5.97 Å². The summed E-state index contributed by atoms with van der Waals surface area (Å²) >= 11 is 1.71. The van der Waals surface area contributed by atoms with Crippen LogP contribution in [0.3, 0.4) is 0 Å². The first-order valence-corrected chi connectivity index (χ1v) is 7.75. The number of methoxy groups -OCH3 is 1. The van der Waals surface area contributed by atoms with E-state index < -0.39 is 11.8 Å². The van der Waals surface area contributed by atoms with Gasteiger partial charge in [0.05, 0.1) is 12.7 Å². The molecule has 0 atom stereocenters. The highest BCUT2D eigenvalue weighted by atomic mass is 32.2. The molecule has 2 aromatic rings. The number of hydrogen-bond acceptors (Lipinski definition) is 3. The number of carbonyl (C=O) groups excluding carboxylic acids is 1. The van der Waals surface area contributed by atoms with Gasteiger partial charge in [0.25, 0.3) is 0 Å². The van der Waals surface area contributed by atoms with E-state index in [-0.39, 0.29) is 5.56 Å². The van der Waals surface area contributed by atoms with Crippen LogP contribution in [-0.2, 0) is 16.2 Å². The van der Waals surface area contributed by atoms with Crippen molar-refractivity contribution in [2.75, 3.05) is 7.11 Å². The molecule has 0 amide bonds. The van der Waals surface area contributed by atoms with Gasteiger partial charge in [0, 0.05) is 11.5 Å². The Morgan fingerprint density at radius 3 is 2.48 bits per heavy atom. The fourth-order valence-electron chi connectivity index (χ4n) is 2.01. The summed E-state index contributed by atoms with van der Waals surface area (Å²) < 4.78 is 18.3. The van der Waals surface area contributed by atoms with Crippen molar-refractivity contribution in [2.24, 2.45) is 0 Å². The maximum atomic E-state index is 13.8. The van der Waals surface area contributed by atoms with Crippen molar-refractivity contribution in [2.45, 2.75) is 18.4 Å². The predicted octanol–water partition coefficient (Wildman–Crippen LogP) is 4.35. The molecule has 0 N–H and O–H groups in total. The van der Waals surface area contributed by atoms with Gasteiger partial charge in [0.1, 0.15) is 5.82 Å². The summed E-state index contributed by atoms with van der Waals surface area (Å²) in [6.45, 7) is 2.06. The van der Waals surface area contributed by atoms with Gasteiger partial charge in [-0.2, -0.15) is 11.8 Å². The van der Waals surface area contributed by atoms with Crippen LogP contribution in [0.25, 0.3) is 0 Å². The molecule has 0 saturated heterocycles. The van der Waals surface area contributed by atoms with E-state index in [9.17, 15) is 9.18 Å². The summed E-state index contributed by atoms with van der Waals surface area (Å²) in [5.74, 6) is 0.399. The van der Waals surface area contributed by atoms with Gasteiger partial charge in [0.2, 0.25) is 0 Å². The SMILES string of the molecule is COC(=O)c1ccc(CSCc2cccc(C)c2)cc1F. The van der Waals surface area contributed by atoms with Gasteiger partial charge < -0.3 is 4.74 Å². The largest absolute Gasteiger partial charge is 0.465 e. The van der Waals surface area contributed by atoms with Crippen LogP contribution < -0.4 is 0 Å². The lowest BCUT2D eigenvalue weighted by molar-refractivity contribution is 0.0595. The van der Waals surface area contributed by atoms with Gasteiger partial charge in [-0.25, -0.2) is 9.18 Å². The van der Waals surface area contributed by atoms with Crippen LogP contribution in [0.2, 0.25) is 0 Å². The maximum Gasteiger partial charge on any atom is 0.340 e. The molecule has 0 radical (unpaired) electrons. The minimum absolute atomic E-state index is 0.0232. The summed E-state index contributed by atoms with van der Waals surface area (Å²) in [6, 6.07) is 13.0. The Balaban J connectivity index is 1.95. The van der Waals surface area contributed by atoms with E-state index >= 15 is 0 Å². The summed E-state index contributed by atoms with van der Waals surface area (Å²) in [5.41, 5.74) is 3.33. The number of aryl methyl sites for hydroxylation is 1. The van der Waals surface area contributed by atoms with Crippen LogP contribution in [0.1, 0.15) is 27.0 Å². The first-order chi connectivity index (χ1) is 10.1. The molecule has 0 saturated carbocycles. The molecular weight excluding hydrogens is 287 g/mol. The van der Waals surface area contributed by atoms with Crippen molar-refractivity contribution in [3.8, 4) is 0 Å². The number of hydrogen-bond donors (Lipinski definition) is 0. The molecule has 0 fully saturated rings. The quantitative estimate of drug-likeness (QED) is 0.768. The monoisotopic (exact) mass is 304 g/mol. The lowest BCUT2D eigenvalue weighted by Crippen LogP contribution is -2.04. The van der Waals surface area contributed by atoms with E-state index in [2.05, 4.69) is 29.9 Å². The van der Waals surface area contributed by atoms with Crippen LogP contribution >= 0.6 is 11.8 Å². The van der Waals surface area contributed by atoms with E-state index in [1.165, 1.54) is 30.4 Å². The van der Waals surface area contributed by atoms with E-state index in [0.29, 0.717) is 5.75 Å². The number of halogens is 1. The van der Waals surface area contributed by atoms with Crippen molar-refractivity contribution >= 4 is 17.7 Å². The van der Waals surface area contributed by atoms with Gasteiger partial charge in [-0.15, -0.1) is 0 Å². The Kier molecular flexibility index (Phi) is 5.39. The van der Waals surface area contributed by atoms with Gasteiger partial charge in [0.15, 0.2) is 0 Å². The number of thioether (sulfide) groups is 1. The van der Waals surface area contributed by atoms with Crippen molar-refractivity contribution in [3.63, 3.8) is 0 Å². The fraction of sp³-hybridized carbons (Fsp3) is 0.235. The second-order valence-electron chi connectivity index (χ2n) is 4.79. The summed E-state index contributed by atoms with van der Waals surface area (Å²) in [6.07, 6.45) is 0. The van der Waals surface area contributed by atoms with Crippen LogP contribution in [0.4, 0.5) is 4.39 Å². The van der Waals surface area contributed by atoms with E-state index in [1.54, 1.807) is 17.8 Å². The Bertz CT molecular complexity index is 640. The highest BCUT2D eigenvalue weighted by molar-refractivity contribution is 7.97. The molecule has 0 spiro atoms. The molecule has 0 aliphatic heterocycles. The zero-order chi connectivity index (χ0) is 15.2. The zero-order valence-corrected chi connectivity index (χ0v) is 12.9. The number of benzene rings is 2. The lowest BCUT2D eigenvalue weighted by Gasteiger charge is -2.06. The molecular formula is C17H17FO2S. The van der Waals surface area contributed by atoms with Crippen molar-refractivity contribution in [1.82, 2.24) is 0 Å². The summed E-state index contributed by atoms with van der Waals surface area (Å²) in [7, 11) is 1.24. The lowest BCUT2D eigenvalue weighted by atomic mass is 10.1. The number of carbonyl (C=O) groups is 1. The Morgan fingerprint density at radius 2 is 1.86 bits per heavy atom. The van der Waals surface area contributed by atoms with E-state index in [0.717, 1.165) is 11.3 Å². The Morgan fingerprint density at radius 1 is 1.14 bits per heavy atom. The first kappa shape index (κ1) is 15.6. The minimum atomic E-state index is -0.647. The third-order valence-electron chi connectivity index (χ3n) is 3.06. The van der Waals surface area contributed by atoms with Gasteiger partial charge in [-0.3, -0.25) is 0 Å². The first-order valence-electron chi connectivity index (χ1n) is 6.60. The van der Waals surface area contributed by atoms with Crippen LogP contribution in [0, 0.1) is 12.7 Å². The average molecular weight is 304 g/mol. The molecule has 2 aromatic carbocycles. The normalized spacial score (nSPS) is 10.4. The average Bonchev–Trinajstić information content (AvgIpc) is 2.47. The molecule has 0 unspecified atom stereocenters. The molecule has 2 nitrogen and oxygen atoms in total. The predicted molar refractivity (Wildman–Crippen MR) is 83.9 cm³/mol. The fourth-order valence-corrected chi connectivity index (χ4v) is 2.95. The number of esters is 1. The Labute approximate surface area is 128 Å². The second-order valence-corrected chi connectivity index (χ2v) is 5.77. The third-order valence-corrected chi connectivity index (χ3v) is 4.13. The van der Waals surface area contributed by atoms with E-state index in [4.69, 9.17) is 0 Å². The number of ether oxygens (including phenoxy) is 1. The van der Waals surface area contributed by atoms with Gasteiger partial charge in [-0.1, -0.05) is 35.9 Å². The molecule has 0 bridgehead atoms. The molecule has 0 heterocycles. The molecule has 110 valence electrons. The third kappa shape index (κ3) is 4.33. The minimum Gasteiger partial charge on any atom is -0.465 e. The van der Waals surface area contributed by atoms with Crippen LogP contribution in [0.5, 0.6) is 0 Å². The molecule has 0 aromatic heterocycles. The topological polar surface area (TPSA) is 26.3 Å².